The first-order chi connectivity index (χ1) is 10.8. The summed E-state index contributed by atoms with van der Waals surface area (Å²) in [5.41, 5.74) is 1.24. The highest BCUT2D eigenvalue weighted by Gasteiger charge is 2.33. The van der Waals surface area contributed by atoms with Gasteiger partial charge in [0.05, 0.1) is 12.5 Å². The molecule has 1 saturated heterocycles. The van der Waals surface area contributed by atoms with E-state index >= 15 is 0 Å². The summed E-state index contributed by atoms with van der Waals surface area (Å²) in [4.78, 5) is 4.30. The van der Waals surface area contributed by atoms with Gasteiger partial charge in [-0.1, -0.05) is 30.3 Å². The minimum atomic E-state index is -4.31. The number of aliphatic hydroxyl groups excluding tert-OH is 1. The summed E-state index contributed by atoms with van der Waals surface area (Å²) >= 11 is 0. The van der Waals surface area contributed by atoms with E-state index in [4.69, 9.17) is 0 Å². The van der Waals surface area contributed by atoms with Crippen molar-refractivity contribution in [3.05, 3.63) is 35.9 Å². The highest BCUT2D eigenvalue weighted by molar-refractivity contribution is 5.14. The van der Waals surface area contributed by atoms with E-state index in [1.54, 1.807) is 0 Å². The van der Waals surface area contributed by atoms with Crippen LogP contribution in [0.15, 0.2) is 30.3 Å². The van der Waals surface area contributed by atoms with Crippen LogP contribution in [0.1, 0.15) is 25.3 Å². The fraction of sp³-hybridized carbons (Fsp3) is 0.647. The van der Waals surface area contributed by atoms with Gasteiger partial charge in [-0.05, 0) is 32.0 Å². The summed E-state index contributed by atoms with van der Waals surface area (Å²) in [6.07, 6.45) is -5.90. The summed E-state index contributed by atoms with van der Waals surface area (Å²) in [6.45, 7) is 5.40. The van der Waals surface area contributed by atoms with Crippen LogP contribution in [-0.2, 0) is 6.54 Å². The van der Waals surface area contributed by atoms with Crippen LogP contribution >= 0.6 is 0 Å². The molecule has 0 spiro atoms. The maximum Gasteiger partial charge on any atom is 0.391 e. The number of benzene rings is 1. The zero-order chi connectivity index (χ0) is 16.9. The van der Waals surface area contributed by atoms with Gasteiger partial charge in [-0.15, -0.1) is 0 Å². The normalized spacial score (nSPS) is 22.7. The van der Waals surface area contributed by atoms with E-state index in [-0.39, 0.29) is 12.6 Å². The molecule has 0 unspecified atom stereocenters. The standard InChI is InChI=1S/C17H25F3N2O/c1-14-11-21(12-15-6-3-2-4-7-15)8-5-9-22(14)13-16(23)10-17(18,19)20/h2-4,6-7,14,16,23H,5,8-13H2,1H3/t14-,16-/m1/s1. The minimum absolute atomic E-state index is 0.0832. The van der Waals surface area contributed by atoms with Gasteiger partial charge in [-0.3, -0.25) is 9.80 Å². The number of alkyl halides is 3. The maximum absolute atomic E-state index is 12.4. The van der Waals surface area contributed by atoms with Gasteiger partial charge in [-0.25, -0.2) is 0 Å². The first-order valence-corrected chi connectivity index (χ1v) is 8.08. The number of aliphatic hydroxyl groups is 1. The molecule has 1 fully saturated rings. The van der Waals surface area contributed by atoms with Crippen molar-refractivity contribution in [1.82, 2.24) is 9.80 Å². The third kappa shape index (κ3) is 6.49. The number of halogens is 3. The Labute approximate surface area is 135 Å². The Balaban J connectivity index is 1.86. The molecule has 3 nitrogen and oxygen atoms in total. The van der Waals surface area contributed by atoms with Crippen LogP contribution in [0.25, 0.3) is 0 Å². The second-order valence-electron chi connectivity index (χ2n) is 6.39. The van der Waals surface area contributed by atoms with Crippen molar-refractivity contribution in [1.29, 1.82) is 0 Å². The lowest BCUT2D eigenvalue weighted by molar-refractivity contribution is -0.155. The largest absolute Gasteiger partial charge is 0.391 e. The van der Waals surface area contributed by atoms with Crippen molar-refractivity contribution in [2.24, 2.45) is 0 Å². The maximum atomic E-state index is 12.4. The van der Waals surface area contributed by atoms with Crippen molar-refractivity contribution in [3.63, 3.8) is 0 Å². The van der Waals surface area contributed by atoms with Gasteiger partial charge in [0.15, 0.2) is 0 Å². The monoisotopic (exact) mass is 330 g/mol. The van der Waals surface area contributed by atoms with Crippen LogP contribution in [0.4, 0.5) is 13.2 Å². The topological polar surface area (TPSA) is 26.7 Å². The first-order valence-electron chi connectivity index (χ1n) is 8.08. The summed E-state index contributed by atoms with van der Waals surface area (Å²) in [5.74, 6) is 0. The van der Waals surface area contributed by atoms with Crippen molar-refractivity contribution in [2.45, 2.75) is 44.6 Å². The molecule has 1 heterocycles. The van der Waals surface area contributed by atoms with Crippen molar-refractivity contribution in [3.8, 4) is 0 Å². The van der Waals surface area contributed by atoms with Gasteiger partial charge < -0.3 is 5.11 Å². The average Bonchev–Trinajstić information content (AvgIpc) is 2.60. The van der Waals surface area contributed by atoms with E-state index in [1.807, 2.05) is 30.0 Å². The fourth-order valence-corrected chi connectivity index (χ4v) is 3.16. The predicted molar refractivity (Wildman–Crippen MR) is 84.0 cm³/mol. The number of hydrogen-bond donors (Lipinski definition) is 1. The van der Waals surface area contributed by atoms with Gasteiger partial charge in [0.2, 0.25) is 0 Å². The van der Waals surface area contributed by atoms with E-state index in [0.717, 1.165) is 32.6 Å². The molecule has 23 heavy (non-hydrogen) atoms. The molecule has 1 aliphatic heterocycles. The van der Waals surface area contributed by atoms with Crippen molar-refractivity contribution >= 4 is 0 Å². The zero-order valence-electron chi connectivity index (χ0n) is 13.5. The van der Waals surface area contributed by atoms with E-state index in [9.17, 15) is 18.3 Å². The third-order valence-electron chi connectivity index (χ3n) is 4.23. The molecule has 1 aliphatic rings. The van der Waals surface area contributed by atoms with E-state index in [1.165, 1.54) is 5.56 Å². The highest BCUT2D eigenvalue weighted by Crippen LogP contribution is 2.23. The van der Waals surface area contributed by atoms with E-state index < -0.39 is 18.7 Å². The third-order valence-corrected chi connectivity index (χ3v) is 4.23. The van der Waals surface area contributed by atoms with Gasteiger partial charge in [0.25, 0.3) is 0 Å². The summed E-state index contributed by atoms with van der Waals surface area (Å²) in [7, 11) is 0. The molecular weight excluding hydrogens is 305 g/mol. The fourth-order valence-electron chi connectivity index (χ4n) is 3.16. The second kappa shape index (κ2) is 8.13. The molecule has 0 radical (unpaired) electrons. The lowest BCUT2D eigenvalue weighted by atomic mass is 10.2. The molecule has 2 atom stereocenters. The Morgan fingerprint density at radius 2 is 1.91 bits per heavy atom. The molecule has 0 bridgehead atoms. The molecule has 0 saturated carbocycles. The molecular formula is C17H25F3N2O. The lowest BCUT2D eigenvalue weighted by Crippen LogP contribution is -2.43. The average molecular weight is 330 g/mol. The highest BCUT2D eigenvalue weighted by atomic mass is 19.4. The Morgan fingerprint density at radius 3 is 2.57 bits per heavy atom. The lowest BCUT2D eigenvalue weighted by Gasteiger charge is -2.30. The summed E-state index contributed by atoms with van der Waals surface area (Å²) in [5, 5.41) is 9.67. The minimum Gasteiger partial charge on any atom is -0.391 e. The SMILES string of the molecule is C[C@@H]1CN(Cc2ccccc2)CCCN1C[C@H](O)CC(F)(F)F. The number of nitrogens with zero attached hydrogens (tertiary/aromatic N) is 2. The van der Waals surface area contributed by atoms with E-state index in [0.29, 0.717) is 0 Å². The zero-order valence-corrected chi connectivity index (χ0v) is 13.5. The number of rotatable bonds is 5. The first kappa shape index (κ1) is 18.2. The quantitative estimate of drug-likeness (QED) is 0.899. The van der Waals surface area contributed by atoms with Crippen molar-refractivity contribution in [2.75, 3.05) is 26.2 Å². The van der Waals surface area contributed by atoms with Gasteiger partial charge >= 0.3 is 6.18 Å². The molecule has 6 heteroatoms. The number of β-amino-alcohol motifs (C(OH)–C–C–N with tert-alkyl or cyclic N) is 1. The van der Waals surface area contributed by atoms with E-state index in [2.05, 4.69) is 17.0 Å². The number of hydrogen-bond acceptors (Lipinski definition) is 3. The van der Waals surface area contributed by atoms with Crippen LogP contribution in [0.2, 0.25) is 0 Å². The van der Waals surface area contributed by atoms with Crippen LogP contribution in [0.3, 0.4) is 0 Å². The molecule has 0 amide bonds. The van der Waals surface area contributed by atoms with Gasteiger partial charge in [0.1, 0.15) is 0 Å². The smallest absolute Gasteiger partial charge is 0.391 e. The van der Waals surface area contributed by atoms with Crippen LogP contribution in [0.5, 0.6) is 0 Å². The molecule has 130 valence electrons. The molecule has 0 aliphatic carbocycles. The van der Waals surface area contributed by atoms with Crippen LogP contribution in [-0.4, -0.2) is 59.4 Å². The second-order valence-corrected chi connectivity index (χ2v) is 6.39. The summed E-state index contributed by atoms with van der Waals surface area (Å²) < 4.78 is 37.1. The predicted octanol–water partition coefficient (Wildman–Crippen LogP) is 2.90. The molecule has 1 aromatic rings. The molecule has 0 aromatic heterocycles. The van der Waals surface area contributed by atoms with Crippen LogP contribution < -0.4 is 0 Å². The Morgan fingerprint density at radius 1 is 1.22 bits per heavy atom. The van der Waals surface area contributed by atoms with Gasteiger partial charge in [0, 0.05) is 25.7 Å². The molecule has 1 aromatic carbocycles. The Hall–Kier alpha value is -1.11. The Kier molecular flexibility index (Phi) is 6.44. The summed E-state index contributed by atoms with van der Waals surface area (Å²) in [6, 6.07) is 10.3. The van der Waals surface area contributed by atoms with Crippen LogP contribution in [0, 0.1) is 0 Å². The van der Waals surface area contributed by atoms with Crippen molar-refractivity contribution < 1.29 is 18.3 Å². The Bertz CT molecular complexity index is 467. The van der Waals surface area contributed by atoms with Gasteiger partial charge in [-0.2, -0.15) is 13.2 Å². The molecule has 1 N–H and O–H groups in total. The molecule has 2 rings (SSSR count).